The van der Waals surface area contributed by atoms with Crippen LogP contribution in [-0.2, 0) is 5.75 Å². The summed E-state index contributed by atoms with van der Waals surface area (Å²) in [6, 6.07) is 11.5. The van der Waals surface area contributed by atoms with Crippen molar-refractivity contribution >= 4 is 29.3 Å². The van der Waals surface area contributed by atoms with E-state index in [0.29, 0.717) is 15.7 Å². The van der Waals surface area contributed by atoms with Gasteiger partial charge in [-0.2, -0.15) is 0 Å². The lowest BCUT2D eigenvalue weighted by molar-refractivity contribution is 0.0691. The number of carboxylic acid groups (broad SMARTS) is 1. The SMILES string of the molecule is O=C(O)c1cc(SCc2ccc(Cl)cc2)ccc1F. The summed E-state index contributed by atoms with van der Waals surface area (Å²) < 4.78 is 13.2. The zero-order valence-corrected chi connectivity index (χ0v) is 11.3. The summed E-state index contributed by atoms with van der Waals surface area (Å²) in [7, 11) is 0. The Hall–Kier alpha value is -1.52. The summed E-state index contributed by atoms with van der Waals surface area (Å²) in [5, 5.41) is 9.51. The van der Waals surface area contributed by atoms with E-state index in [1.54, 1.807) is 18.2 Å². The van der Waals surface area contributed by atoms with Gasteiger partial charge in [-0.15, -0.1) is 11.8 Å². The molecule has 0 bridgehead atoms. The van der Waals surface area contributed by atoms with Crippen LogP contribution >= 0.6 is 23.4 Å². The molecule has 2 nitrogen and oxygen atoms in total. The van der Waals surface area contributed by atoms with E-state index in [-0.39, 0.29) is 5.56 Å². The van der Waals surface area contributed by atoms with Crippen molar-refractivity contribution in [2.24, 2.45) is 0 Å². The molecular weight excluding hydrogens is 287 g/mol. The van der Waals surface area contributed by atoms with Crippen LogP contribution in [0.4, 0.5) is 4.39 Å². The topological polar surface area (TPSA) is 37.3 Å². The largest absolute Gasteiger partial charge is 0.478 e. The van der Waals surface area contributed by atoms with E-state index < -0.39 is 11.8 Å². The van der Waals surface area contributed by atoms with Crippen molar-refractivity contribution in [1.82, 2.24) is 0 Å². The Labute approximate surface area is 119 Å². The Balaban J connectivity index is 2.09. The van der Waals surface area contributed by atoms with Crippen molar-refractivity contribution in [1.29, 1.82) is 0 Å². The van der Waals surface area contributed by atoms with Gasteiger partial charge in [0.15, 0.2) is 0 Å². The van der Waals surface area contributed by atoms with Gasteiger partial charge in [0.1, 0.15) is 5.82 Å². The van der Waals surface area contributed by atoms with Crippen LogP contribution in [0.25, 0.3) is 0 Å². The third-order valence-electron chi connectivity index (χ3n) is 2.49. The lowest BCUT2D eigenvalue weighted by Gasteiger charge is -2.04. The molecule has 0 atom stereocenters. The number of hydrogen-bond donors (Lipinski definition) is 1. The smallest absolute Gasteiger partial charge is 0.338 e. The van der Waals surface area contributed by atoms with Crippen molar-refractivity contribution in [2.75, 3.05) is 0 Å². The first-order valence-corrected chi connectivity index (χ1v) is 6.83. The number of halogens is 2. The molecule has 0 aliphatic heterocycles. The second-order valence-electron chi connectivity index (χ2n) is 3.86. The summed E-state index contributed by atoms with van der Waals surface area (Å²) in [6.45, 7) is 0. The average molecular weight is 297 g/mol. The quantitative estimate of drug-likeness (QED) is 0.846. The summed E-state index contributed by atoms with van der Waals surface area (Å²) in [5.41, 5.74) is 0.761. The second-order valence-corrected chi connectivity index (χ2v) is 5.35. The molecule has 5 heteroatoms. The summed E-state index contributed by atoms with van der Waals surface area (Å²) >= 11 is 7.23. The fourth-order valence-corrected chi connectivity index (χ4v) is 2.52. The number of hydrogen-bond acceptors (Lipinski definition) is 2. The zero-order chi connectivity index (χ0) is 13.8. The van der Waals surface area contributed by atoms with Gasteiger partial charge in [-0.25, -0.2) is 9.18 Å². The van der Waals surface area contributed by atoms with Crippen LogP contribution in [0.1, 0.15) is 15.9 Å². The maximum absolute atomic E-state index is 13.2. The Morgan fingerprint density at radius 2 is 1.89 bits per heavy atom. The molecule has 0 spiro atoms. The van der Waals surface area contributed by atoms with Crippen molar-refractivity contribution < 1.29 is 14.3 Å². The van der Waals surface area contributed by atoms with Crippen LogP contribution in [0.2, 0.25) is 5.02 Å². The molecule has 0 heterocycles. The number of aromatic carboxylic acids is 1. The fourth-order valence-electron chi connectivity index (χ4n) is 1.51. The molecule has 2 aromatic carbocycles. The monoisotopic (exact) mass is 296 g/mol. The Morgan fingerprint density at radius 1 is 1.21 bits per heavy atom. The molecule has 1 N–H and O–H groups in total. The number of thioether (sulfide) groups is 1. The van der Waals surface area contributed by atoms with Crippen LogP contribution in [-0.4, -0.2) is 11.1 Å². The van der Waals surface area contributed by atoms with Crippen LogP contribution in [0.15, 0.2) is 47.4 Å². The molecular formula is C14H10ClFO2S. The lowest BCUT2D eigenvalue weighted by atomic mass is 10.2. The average Bonchev–Trinajstić information content (AvgIpc) is 2.39. The highest BCUT2D eigenvalue weighted by atomic mass is 35.5. The predicted octanol–water partition coefficient (Wildman–Crippen LogP) is 4.47. The van der Waals surface area contributed by atoms with E-state index in [9.17, 15) is 9.18 Å². The van der Waals surface area contributed by atoms with Crippen molar-refractivity contribution in [3.63, 3.8) is 0 Å². The number of carboxylic acids is 1. The second kappa shape index (κ2) is 6.08. The summed E-state index contributed by atoms with van der Waals surface area (Å²) in [5.74, 6) is -1.31. The molecule has 98 valence electrons. The van der Waals surface area contributed by atoms with Gasteiger partial charge in [0.25, 0.3) is 0 Å². The Kier molecular flexibility index (Phi) is 4.45. The lowest BCUT2D eigenvalue weighted by Crippen LogP contribution is -2.00. The molecule has 0 aliphatic carbocycles. The summed E-state index contributed by atoms with van der Waals surface area (Å²) in [4.78, 5) is 11.5. The molecule has 2 aromatic rings. The van der Waals surface area contributed by atoms with Gasteiger partial charge in [0, 0.05) is 15.7 Å². The molecule has 0 fully saturated rings. The molecule has 0 aromatic heterocycles. The number of benzene rings is 2. The molecule has 0 amide bonds. The van der Waals surface area contributed by atoms with Crippen molar-refractivity contribution in [3.05, 3.63) is 64.4 Å². The van der Waals surface area contributed by atoms with Gasteiger partial charge >= 0.3 is 5.97 Å². The highest BCUT2D eigenvalue weighted by Gasteiger charge is 2.10. The third kappa shape index (κ3) is 3.72. The van der Waals surface area contributed by atoms with E-state index in [2.05, 4.69) is 0 Å². The summed E-state index contributed by atoms with van der Waals surface area (Å²) in [6.07, 6.45) is 0. The normalized spacial score (nSPS) is 10.4. The first-order chi connectivity index (χ1) is 9.06. The van der Waals surface area contributed by atoms with E-state index in [0.717, 1.165) is 5.56 Å². The fraction of sp³-hybridized carbons (Fsp3) is 0.0714. The zero-order valence-electron chi connectivity index (χ0n) is 9.77. The van der Waals surface area contributed by atoms with E-state index in [1.165, 1.54) is 23.9 Å². The highest BCUT2D eigenvalue weighted by molar-refractivity contribution is 7.98. The van der Waals surface area contributed by atoms with Crippen LogP contribution < -0.4 is 0 Å². The van der Waals surface area contributed by atoms with E-state index >= 15 is 0 Å². The van der Waals surface area contributed by atoms with Gasteiger partial charge in [-0.1, -0.05) is 23.7 Å². The molecule has 0 unspecified atom stereocenters. The van der Waals surface area contributed by atoms with Gasteiger partial charge in [-0.05, 0) is 35.9 Å². The van der Waals surface area contributed by atoms with E-state index in [1.807, 2.05) is 12.1 Å². The maximum Gasteiger partial charge on any atom is 0.338 e. The molecule has 2 rings (SSSR count). The number of rotatable bonds is 4. The van der Waals surface area contributed by atoms with Gasteiger partial charge in [0.05, 0.1) is 5.56 Å². The first kappa shape index (κ1) is 13.9. The van der Waals surface area contributed by atoms with Crippen LogP contribution in [0.5, 0.6) is 0 Å². The van der Waals surface area contributed by atoms with Crippen LogP contribution in [0, 0.1) is 5.82 Å². The Morgan fingerprint density at radius 3 is 2.53 bits per heavy atom. The third-order valence-corrected chi connectivity index (χ3v) is 3.80. The van der Waals surface area contributed by atoms with Crippen LogP contribution in [0.3, 0.4) is 0 Å². The predicted molar refractivity (Wildman–Crippen MR) is 74.4 cm³/mol. The van der Waals surface area contributed by atoms with E-state index in [4.69, 9.17) is 16.7 Å². The first-order valence-electron chi connectivity index (χ1n) is 5.46. The molecule has 0 radical (unpaired) electrons. The minimum atomic E-state index is -1.26. The molecule has 0 aliphatic rings. The van der Waals surface area contributed by atoms with Gasteiger partial charge in [-0.3, -0.25) is 0 Å². The number of carbonyl (C=O) groups is 1. The minimum Gasteiger partial charge on any atom is -0.478 e. The molecule has 0 saturated heterocycles. The Bertz CT molecular complexity index is 599. The maximum atomic E-state index is 13.2. The molecule has 19 heavy (non-hydrogen) atoms. The standard InChI is InChI=1S/C14H10ClFO2S/c15-10-3-1-9(2-4-10)8-19-11-5-6-13(16)12(7-11)14(17)18/h1-7H,8H2,(H,17,18). The minimum absolute atomic E-state index is 0.305. The highest BCUT2D eigenvalue weighted by Crippen LogP contribution is 2.25. The van der Waals surface area contributed by atoms with Crippen molar-refractivity contribution in [2.45, 2.75) is 10.6 Å². The van der Waals surface area contributed by atoms with Gasteiger partial charge < -0.3 is 5.11 Å². The van der Waals surface area contributed by atoms with Crippen molar-refractivity contribution in [3.8, 4) is 0 Å². The molecule has 0 saturated carbocycles. The van der Waals surface area contributed by atoms with Gasteiger partial charge in [0.2, 0.25) is 0 Å².